The van der Waals surface area contributed by atoms with Gasteiger partial charge in [-0.25, -0.2) is 0 Å². The first-order valence-corrected chi connectivity index (χ1v) is 9.96. The smallest absolute Gasteiger partial charge is 0.257 e. The molecule has 1 aliphatic rings. The quantitative estimate of drug-likeness (QED) is 0.634. The Morgan fingerprint density at radius 3 is 2.67 bits per heavy atom. The third kappa shape index (κ3) is 3.84. The number of hydrogen-bond donors (Lipinski definition) is 0. The van der Waals surface area contributed by atoms with E-state index in [1.165, 1.54) is 0 Å². The molecule has 1 aliphatic heterocycles. The summed E-state index contributed by atoms with van der Waals surface area (Å²) in [7, 11) is 3.36. The van der Waals surface area contributed by atoms with E-state index in [4.69, 9.17) is 13.9 Å². The maximum atomic E-state index is 5.92. The summed E-state index contributed by atoms with van der Waals surface area (Å²) in [6, 6.07) is 10.0. The van der Waals surface area contributed by atoms with E-state index in [9.17, 15) is 0 Å². The number of likely N-dealkylation sites (tertiary alicyclic amines) is 1. The number of aromatic nitrogens is 2. The Morgan fingerprint density at radius 1 is 1.11 bits per heavy atom. The molecular weight excluding hydrogens is 362 g/mol. The highest BCUT2D eigenvalue weighted by atomic mass is 32.1. The van der Waals surface area contributed by atoms with Crippen LogP contribution in [0, 0.1) is 0 Å². The van der Waals surface area contributed by atoms with Crippen LogP contribution in [0.2, 0.25) is 0 Å². The van der Waals surface area contributed by atoms with E-state index in [1.807, 2.05) is 29.6 Å². The molecule has 0 amide bonds. The molecule has 142 valence electrons. The molecule has 1 fully saturated rings. The van der Waals surface area contributed by atoms with Crippen LogP contribution in [-0.4, -0.2) is 42.4 Å². The van der Waals surface area contributed by atoms with Gasteiger partial charge in [0, 0.05) is 18.0 Å². The highest BCUT2D eigenvalue weighted by Gasteiger charge is 2.26. The molecule has 0 atom stereocenters. The van der Waals surface area contributed by atoms with Crippen LogP contribution < -0.4 is 9.47 Å². The van der Waals surface area contributed by atoms with Gasteiger partial charge in [0.2, 0.25) is 5.89 Å². The lowest BCUT2D eigenvalue weighted by Gasteiger charge is -2.30. The Bertz CT molecular complexity index is 870. The Labute approximate surface area is 162 Å². The molecule has 27 heavy (non-hydrogen) atoms. The lowest BCUT2D eigenvalue weighted by atomic mass is 9.96. The van der Waals surface area contributed by atoms with Crippen molar-refractivity contribution in [3.8, 4) is 22.3 Å². The molecule has 0 unspecified atom stereocenters. The summed E-state index contributed by atoms with van der Waals surface area (Å²) in [6.45, 7) is 2.82. The number of ether oxygens (including phenoxy) is 2. The summed E-state index contributed by atoms with van der Waals surface area (Å²) >= 11 is 1.62. The summed E-state index contributed by atoms with van der Waals surface area (Å²) in [6.07, 6.45) is 2.02. The fourth-order valence-electron chi connectivity index (χ4n) is 3.56. The minimum absolute atomic E-state index is 0.328. The molecule has 1 saturated heterocycles. The monoisotopic (exact) mass is 385 g/mol. The Balaban J connectivity index is 1.38. The molecule has 7 heteroatoms. The third-order valence-corrected chi connectivity index (χ3v) is 5.85. The molecule has 0 spiro atoms. The van der Waals surface area contributed by atoms with E-state index in [-0.39, 0.29) is 0 Å². The van der Waals surface area contributed by atoms with Crippen LogP contribution in [0.3, 0.4) is 0 Å². The number of nitrogens with zero attached hydrogens (tertiary/aromatic N) is 3. The van der Waals surface area contributed by atoms with Gasteiger partial charge in [0.15, 0.2) is 11.5 Å². The maximum absolute atomic E-state index is 5.92. The third-order valence-electron chi connectivity index (χ3n) is 4.99. The van der Waals surface area contributed by atoms with Crippen LogP contribution in [0.15, 0.2) is 40.1 Å². The van der Waals surface area contributed by atoms with Crippen molar-refractivity contribution in [1.82, 2.24) is 15.1 Å². The summed E-state index contributed by atoms with van der Waals surface area (Å²) in [5, 5.41) is 10.5. The van der Waals surface area contributed by atoms with Gasteiger partial charge < -0.3 is 13.9 Å². The average Bonchev–Trinajstić information content (AvgIpc) is 3.40. The molecule has 0 saturated carbocycles. The first-order chi connectivity index (χ1) is 13.3. The van der Waals surface area contributed by atoms with Crippen molar-refractivity contribution in [3.63, 3.8) is 0 Å². The van der Waals surface area contributed by atoms with E-state index in [0.29, 0.717) is 11.8 Å². The highest BCUT2D eigenvalue weighted by Crippen LogP contribution is 2.34. The molecule has 0 N–H and O–H groups in total. The Kier molecular flexibility index (Phi) is 5.40. The van der Waals surface area contributed by atoms with E-state index < -0.39 is 0 Å². The SMILES string of the molecule is COc1cccc(CN2CCC(c3nnc(-c4cccs4)o3)CC2)c1OC. The van der Waals surface area contributed by atoms with Gasteiger partial charge >= 0.3 is 0 Å². The largest absolute Gasteiger partial charge is 0.493 e. The Hall–Kier alpha value is -2.38. The van der Waals surface area contributed by atoms with Gasteiger partial charge in [-0.15, -0.1) is 21.5 Å². The first-order valence-electron chi connectivity index (χ1n) is 9.08. The van der Waals surface area contributed by atoms with E-state index in [2.05, 4.69) is 21.2 Å². The molecule has 4 rings (SSSR count). The van der Waals surface area contributed by atoms with Crippen LogP contribution in [0.25, 0.3) is 10.8 Å². The van der Waals surface area contributed by atoms with Gasteiger partial charge in [0.05, 0.1) is 19.1 Å². The van der Waals surface area contributed by atoms with Gasteiger partial charge in [0.25, 0.3) is 5.89 Å². The fourth-order valence-corrected chi connectivity index (χ4v) is 4.20. The topological polar surface area (TPSA) is 60.6 Å². The molecule has 0 radical (unpaired) electrons. The van der Waals surface area contributed by atoms with Crippen LogP contribution in [-0.2, 0) is 6.54 Å². The predicted molar refractivity (Wildman–Crippen MR) is 104 cm³/mol. The molecule has 6 nitrogen and oxygen atoms in total. The van der Waals surface area contributed by atoms with Crippen molar-refractivity contribution >= 4 is 11.3 Å². The normalized spacial score (nSPS) is 15.8. The van der Waals surface area contributed by atoms with Crippen molar-refractivity contribution in [2.24, 2.45) is 0 Å². The lowest BCUT2D eigenvalue weighted by Crippen LogP contribution is -2.32. The molecule has 3 heterocycles. The van der Waals surface area contributed by atoms with Crippen molar-refractivity contribution in [1.29, 1.82) is 0 Å². The number of rotatable bonds is 6. The maximum Gasteiger partial charge on any atom is 0.257 e. The number of methoxy groups -OCH3 is 2. The second-order valence-electron chi connectivity index (χ2n) is 6.63. The van der Waals surface area contributed by atoms with Crippen molar-refractivity contribution in [2.45, 2.75) is 25.3 Å². The number of hydrogen-bond acceptors (Lipinski definition) is 7. The summed E-state index contributed by atoms with van der Waals surface area (Å²) < 4.78 is 16.9. The molecule has 1 aromatic carbocycles. The van der Waals surface area contributed by atoms with Gasteiger partial charge in [-0.05, 0) is 43.4 Å². The standard InChI is InChI=1S/C20H23N3O3S/c1-24-16-6-3-5-15(18(16)25-2)13-23-10-8-14(9-11-23)19-21-22-20(26-19)17-7-4-12-27-17/h3-7,12,14H,8-11,13H2,1-2H3. The molecule has 3 aromatic rings. The number of piperidine rings is 1. The zero-order valence-corrected chi connectivity index (χ0v) is 16.4. The fraction of sp³-hybridized carbons (Fsp3) is 0.400. The predicted octanol–water partition coefficient (Wildman–Crippen LogP) is 4.19. The van der Waals surface area contributed by atoms with Crippen molar-refractivity contribution < 1.29 is 13.9 Å². The Morgan fingerprint density at radius 2 is 1.96 bits per heavy atom. The van der Waals surface area contributed by atoms with E-state index in [1.54, 1.807) is 25.6 Å². The van der Waals surface area contributed by atoms with E-state index >= 15 is 0 Å². The zero-order chi connectivity index (χ0) is 18.6. The number of benzene rings is 1. The zero-order valence-electron chi connectivity index (χ0n) is 15.6. The second kappa shape index (κ2) is 8.10. The first kappa shape index (κ1) is 18.0. The van der Waals surface area contributed by atoms with Gasteiger partial charge in [0.1, 0.15) is 0 Å². The van der Waals surface area contributed by atoms with Gasteiger partial charge in [-0.2, -0.15) is 0 Å². The number of para-hydroxylation sites is 1. The minimum Gasteiger partial charge on any atom is -0.493 e. The lowest BCUT2D eigenvalue weighted by molar-refractivity contribution is 0.191. The summed E-state index contributed by atoms with van der Waals surface area (Å²) in [5.74, 6) is 3.31. The van der Waals surface area contributed by atoms with E-state index in [0.717, 1.165) is 60.3 Å². The van der Waals surface area contributed by atoms with Crippen LogP contribution in [0.5, 0.6) is 11.5 Å². The van der Waals surface area contributed by atoms with Gasteiger partial charge in [-0.1, -0.05) is 18.2 Å². The minimum atomic E-state index is 0.328. The highest BCUT2D eigenvalue weighted by molar-refractivity contribution is 7.13. The number of thiophene rings is 1. The average molecular weight is 385 g/mol. The molecule has 0 bridgehead atoms. The van der Waals surface area contributed by atoms with Crippen molar-refractivity contribution in [2.75, 3.05) is 27.3 Å². The van der Waals surface area contributed by atoms with Crippen LogP contribution in [0.4, 0.5) is 0 Å². The van der Waals surface area contributed by atoms with Gasteiger partial charge in [-0.3, -0.25) is 4.90 Å². The molecule has 0 aliphatic carbocycles. The van der Waals surface area contributed by atoms with Crippen molar-refractivity contribution in [3.05, 3.63) is 47.2 Å². The molecular formula is C20H23N3O3S. The summed E-state index contributed by atoms with van der Waals surface area (Å²) in [5.41, 5.74) is 1.15. The van der Waals surface area contributed by atoms with Crippen LogP contribution >= 0.6 is 11.3 Å². The second-order valence-corrected chi connectivity index (χ2v) is 7.57. The molecule has 2 aromatic heterocycles. The van der Waals surface area contributed by atoms with Crippen LogP contribution in [0.1, 0.15) is 30.2 Å². The summed E-state index contributed by atoms with van der Waals surface area (Å²) in [4.78, 5) is 3.46.